The molecule has 1 aromatic carbocycles. The number of hydrogen-bond acceptors (Lipinski definition) is 4. The minimum atomic E-state index is -3.60. The summed E-state index contributed by atoms with van der Waals surface area (Å²) in [6.07, 6.45) is 2.07. The van der Waals surface area contributed by atoms with Crippen molar-refractivity contribution in [2.24, 2.45) is 0 Å². The van der Waals surface area contributed by atoms with Crippen LogP contribution in [0.5, 0.6) is 0 Å². The Kier molecular flexibility index (Phi) is 6.63. The molecular weight excluding hydrogens is 287 g/mol. The molecule has 0 bridgehead atoms. The van der Waals surface area contributed by atoms with Crippen LogP contribution < -0.4 is 5.30 Å². The van der Waals surface area contributed by atoms with Crippen molar-refractivity contribution in [1.29, 1.82) is 0 Å². The van der Waals surface area contributed by atoms with Crippen LogP contribution in [0.4, 0.5) is 0 Å². The second-order valence-electron chi connectivity index (χ2n) is 4.99. The van der Waals surface area contributed by atoms with Gasteiger partial charge in [0.05, 0.1) is 11.9 Å². The van der Waals surface area contributed by atoms with E-state index < -0.39 is 13.6 Å². The highest BCUT2D eigenvalue weighted by Gasteiger charge is 2.33. The van der Waals surface area contributed by atoms with Gasteiger partial charge in [0.1, 0.15) is 0 Å². The van der Waals surface area contributed by atoms with E-state index in [1.807, 2.05) is 19.9 Å². The van der Waals surface area contributed by atoms with E-state index >= 15 is 0 Å². The molecule has 21 heavy (non-hydrogen) atoms. The Morgan fingerprint density at radius 3 is 2.38 bits per heavy atom. The largest absolute Gasteiger partial charge is 0.413 e. The predicted octanol–water partition coefficient (Wildman–Crippen LogP) is 4.06. The quantitative estimate of drug-likeness (QED) is 0.712. The molecule has 0 heterocycles. The number of aryl methyl sites for hydroxylation is 1. The average Bonchev–Trinajstić information content (AvgIpc) is 2.43. The van der Waals surface area contributed by atoms with Crippen molar-refractivity contribution >= 4 is 18.9 Å². The molecule has 0 radical (unpaired) electrons. The molecule has 0 spiro atoms. The first-order valence-corrected chi connectivity index (χ1v) is 9.00. The fraction of sp³-hybridized carbons (Fsp3) is 0.562. The lowest BCUT2D eigenvalue weighted by Gasteiger charge is -2.21. The molecule has 1 atom stereocenters. The van der Waals surface area contributed by atoms with Gasteiger partial charge in [-0.15, -0.1) is 0 Å². The van der Waals surface area contributed by atoms with Crippen LogP contribution in [0.2, 0.25) is 0 Å². The first kappa shape index (κ1) is 17.9. The molecule has 0 aromatic heterocycles. The van der Waals surface area contributed by atoms with Crippen LogP contribution in [-0.2, 0) is 24.8 Å². The summed E-state index contributed by atoms with van der Waals surface area (Å²) in [7, 11) is -3.60. The third kappa shape index (κ3) is 4.18. The summed E-state index contributed by atoms with van der Waals surface area (Å²) in [5.41, 5.74) is 3.21. The zero-order valence-electron chi connectivity index (χ0n) is 13.6. The van der Waals surface area contributed by atoms with E-state index in [4.69, 9.17) is 9.05 Å². The van der Waals surface area contributed by atoms with Crippen LogP contribution in [-0.4, -0.2) is 12.6 Å². The van der Waals surface area contributed by atoms with Gasteiger partial charge >= 0.3 is 13.6 Å². The SMILES string of the molecule is CCCc1c(C)ccc(P(=O)(OCC)OC(=O)CC)c1C. The summed E-state index contributed by atoms with van der Waals surface area (Å²) >= 11 is 0. The molecular formula is C16H25O4P. The number of rotatable bonds is 7. The molecule has 0 saturated heterocycles. The fourth-order valence-electron chi connectivity index (χ4n) is 2.32. The topological polar surface area (TPSA) is 52.6 Å². The van der Waals surface area contributed by atoms with Gasteiger partial charge in [0.2, 0.25) is 0 Å². The van der Waals surface area contributed by atoms with E-state index in [0.717, 1.165) is 29.5 Å². The lowest BCUT2D eigenvalue weighted by molar-refractivity contribution is -0.134. The summed E-state index contributed by atoms with van der Waals surface area (Å²) in [5.74, 6) is -0.510. The Labute approximate surface area is 127 Å². The van der Waals surface area contributed by atoms with Crippen LogP contribution in [0.15, 0.2) is 12.1 Å². The highest BCUT2D eigenvalue weighted by atomic mass is 31.2. The number of benzene rings is 1. The first-order chi connectivity index (χ1) is 9.89. The molecule has 0 aliphatic carbocycles. The molecule has 5 heteroatoms. The summed E-state index contributed by atoms with van der Waals surface area (Å²) < 4.78 is 23.5. The third-order valence-electron chi connectivity index (χ3n) is 3.41. The maximum atomic E-state index is 13.0. The molecule has 1 rings (SSSR count). The summed E-state index contributed by atoms with van der Waals surface area (Å²) in [5, 5.41) is 0.500. The minimum absolute atomic E-state index is 0.170. The maximum absolute atomic E-state index is 13.0. The second kappa shape index (κ2) is 7.77. The molecule has 0 N–H and O–H groups in total. The Bertz CT molecular complexity index is 551. The van der Waals surface area contributed by atoms with Crippen LogP contribution in [0, 0.1) is 13.8 Å². The lowest BCUT2D eigenvalue weighted by atomic mass is 9.99. The summed E-state index contributed by atoms with van der Waals surface area (Å²) in [4.78, 5) is 11.6. The van der Waals surface area contributed by atoms with Gasteiger partial charge in [-0.25, -0.2) is 4.57 Å². The molecule has 118 valence electrons. The molecule has 0 amide bonds. The Hall–Kier alpha value is -1.12. The molecule has 0 saturated carbocycles. The van der Waals surface area contributed by atoms with Crippen molar-refractivity contribution in [2.45, 2.75) is 53.9 Å². The van der Waals surface area contributed by atoms with Gasteiger partial charge in [-0.2, -0.15) is 0 Å². The maximum Gasteiger partial charge on any atom is 0.413 e. The van der Waals surface area contributed by atoms with Crippen molar-refractivity contribution in [2.75, 3.05) is 6.61 Å². The van der Waals surface area contributed by atoms with Gasteiger partial charge in [-0.3, -0.25) is 9.32 Å². The highest BCUT2D eigenvalue weighted by Crippen LogP contribution is 2.48. The zero-order valence-corrected chi connectivity index (χ0v) is 14.5. The van der Waals surface area contributed by atoms with Crippen molar-refractivity contribution in [1.82, 2.24) is 0 Å². The van der Waals surface area contributed by atoms with Crippen LogP contribution in [0.25, 0.3) is 0 Å². The molecule has 0 aliphatic rings. The zero-order chi connectivity index (χ0) is 16.0. The van der Waals surface area contributed by atoms with Crippen LogP contribution in [0.1, 0.15) is 50.3 Å². The van der Waals surface area contributed by atoms with Crippen LogP contribution in [0.3, 0.4) is 0 Å². The summed E-state index contributed by atoms with van der Waals surface area (Å²) in [6.45, 7) is 9.69. The van der Waals surface area contributed by atoms with Crippen molar-refractivity contribution in [3.63, 3.8) is 0 Å². The molecule has 1 aromatic rings. The number of carbonyl (C=O) groups is 1. The van der Waals surface area contributed by atoms with Gasteiger partial charge in [0.15, 0.2) is 0 Å². The fourth-order valence-corrected chi connectivity index (χ4v) is 4.15. The Morgan fingerprint density at radius 1 is 1.19 bits per heavy atom. The molecule has 0 aliphatic heterocycles. The van der Waals surface area contributed by atoms with Crippen LogP contribution >= 0.6 is 7.60 Å². The van der Waals surface area contributed by atoms with Gasteiger partial charge in [-0.05, 0) is 49.9 Å². The van der Waals surface area contributed by atoms with E-state index in [9.17, 15) is 9.36 Å². The van der Waals surface area contributed by atoms with E-state index in [1.54, 1.807) is 19.9 Å². The highest BCUT2D eigenvalue weighted by molar-refractivity contribution is 7.62. The Morgan fingerprint density at radius 2 is 1.86 bits per heavy atom. The first-order valence-electron chi connectivity index (χ1n) is 7.46. The second-order valence-corrected chi connectivity index (χ2v) is 6.90. The standard InChI is InChI=1S/C16H25O4P/c1-6-9-14-12(4)10-11-15(13(14)5)21(18,19-8-3)20-16(17)7-2/h10-11H,6-9H2,1-5H3. The number of carbonyl (C=O) groups excluding carboxylic acids is 1. The van der Waals surface area contributed by atoms with Crippen molar-refractivity contribution in [3.8, 4) is 0 Å². The minimum Gasteiger partial charge on any atom is -0.388 e. The van der Waals surface area contributed by atoms with E-state index in [1.165, 1.54) is 0 Å². The van der Waals surface area contributed by atoms with Crippen molar-refractivity contribution < 1.29 is 18.4 Å². The Balaban J connectivity index is 3.35. The predicted molar refractivity (Wildman–Crippen MR) is 85.2 cm³/mol. The van der Waals surface area contributed by atoms with Gasteiger partial charge in [0, 0.05) is 6.42 Å². The normalized spacial score (nSPS) is 13.8. The monoisotopic (exact) mass is 312 g/mol. The lowest BCUT2D eigenvalue weighted by Crippen LogP contribution is -2.18. The third-order valence-corrected chi connectivity index (χ3v) is 5.53. The molecule has 1 unspecified atom stereocenters. The van der Waals surface area contributed by atoms with Gasteiger partial charge < -0.3 is 4.52 Å². The smallest absolute Gasteiger partial charge is 0.388 e. The summed E-state index contributed by atoms with van der Waals surface area (Å²) in [6, 6.07) is 3.67. The van der Waals surface area contributed by atoms with Crippen molar-refractivity contribution in [3.05, 3.63) is 28.8 Å². The van der Waals surface area contributed by atoms with E-state index in [0.29, 0.717) is 5.30 Å². The number of hydrogen-bond donors (Lipinski definition) is 0. The van der Waals surface area contributed by atoms with Gasteiger partial charge in [0.25, 0.3) is 0 Å². The average molecular weight is 312 g/mol. The van der Waals surface area contributed by atoms with Gasteiger partial charge in [-0.1, -0.05) is 26.3 Å². The van der Waals surface area contributed by atoms with E-state index in [2.05, 4.69) is 6.92 Å². The molecule has 0 fully saturated rings. The molecule has 4 nitrogen and oxygen atoms in total. The van der Waals surface area contributed by atoms with E-state index in [-0.39, 0.29) is 13.0 Å².